The van der Waals surface area contributed by atoms with Crippen LogP contribution in [-0.2, 0) is 6.54 Å². The molecule has 0 atom stereocenters. The third-order valence-corrected chi connectivity index (χ3v) is 4.26. The molecule has 100 valence electrons. The molecular formula is C13H11Br3N2O. The molecule has 0 aliphatic carbocycles. The molecule has 0 unspecified atom stereocenters. The van der Waals surface area contributed by atoms with Crippen LogP contribution in [0.1, 0.15) is 11.3 Å². The number of phenolic OH excluding ortho intramolecular Hbond substituents is 1. The number of aryl methyl sites for hydroxylation is 1. The lowest BCUT2D eigenvalue weighted by molar-refractivity contribution is 0.468. The van der Waals surface area contributed by atoms with Gasteiger partial charge in [-0.3, -0.25) is 0 Å². The van der Waals surface area contributed by atoms with Gasteiger partial charge in [0.1, 0.15) is 10.4 Å². The highest BCUT2D eigenvalue weighted by Crippen LogP contribution is 2.33. The van der Waals surface area contributed by atoms with Gasteiger partial charge in [0.05, 0.1) is 20.3 Å². The maximum atomic E-state index is 9.66. The average molecular weight is 451 g/mol. The Morgan fingerprint density at radius 1 is 1.16 bits per heavy atom. The molecule has 2 N–H and O–H groups in total. The van der Waals surface area contributed by atoms with E-state index in [0.29, 0.717) is 15.5 Å². The van der Waals surface area contributed by atoms with Crippen molar-refractivity contribution in [2.75, 3.05) is 5.32 Å². The minimum absolute atomic E-state index is 0.213. The number of rotatable bonds is 3. The van der Waals surface area contributed by atoms with Gasteiger partial charge in [-0.15, -0.1) is 0 Å². The maximum Gasteiger partial charge on any atom is 0.143 e. The summed E-state index contributed by atoms with van der Waals surface area (Å²) in [6.45, 7) is 2.61. The summed E-state index contributed by atoms with van der Waals surface area (Å²) in [5.74, 6) is 0.213. The van der Waals surface area contributed by atoms with Gasteiger partial charge in [-0.05, 0) is 84.5 Å². The van der Waals surface area contributed by atoms with E-state index in [0.717, 1.165) is 21.5 Å². The molecule has 0 saturated heterocycles. The summed E-state index contributed by atoms with van der Waals surface area (Å²) in [4.78, 5) is 4.33. The largest absolute Gasteiger partial charge is 0.506 e. The van der Waals surface area contributed by atoms with Gasteiger partial charge in [-0.25, -0.2) is 4.98 Å². The second kappa shape index (κ2) is 6.24. The lowest BCUT2D eigenvalue weighted by atomic mass is 10.2. The fraction of sp³-hybridized carbons (Fsp3) is 0.154. The van der Waals surface area contributed by atoms with Crippen molar-refractivity contribution < 1.29 is 5.11 Å². The minimum atomic E-state index is 0.213. The predicted molar refractivity (Wildman–Crippen MR) is 87.5 cm³/mol. The fourth-order valence-corrected chi connectivity index (χ4v) is 3.31. The lowest BCUT2D eigenvalue weighted by Gasteiger charge is -2.10. The summed E-state index contributed by atoms with van der Waals surface area (Å²) in [5.41, 5.74) is 2.98. The quantitative estimate of drug-likeness (QED) is 0.647. The Hall–Kier alpha value is -0.590. The minimum Gasteiger partial charge on any atom is -0.506 e. The molecule has 0 saturated carbocycles. The summed E-state index contributed by atoms with van der Waals surface area (Å²) in [6, 6.07) is 7.65. The Bertz CT molecular complexity index is 594. The lowest BCUT2D eigenvalue weighted by Crippen LogP contribution is -2.02. The summed E-state index contributed by atoms with van der Waals surface area (Å²) in [6.07, 6.45) is 0. The van der Waals surface area contributed by atoms with Crippen LogP contribution in [0.5, 0.6) is 5.75 Å². The van der Waals surface area contributed by atoms with E-state index in [9.17, 15) is 5.11 Å². The van der Waals surface area contributed by atoms with E-state index in [1.165, 1.54) is 0 Å². The molecule has 2 rings (SSSR count). The van der Waals surface area contributed by atoms with E-state index in [1.54, 1.807) is 0 Å². The number of aromatic hydroxyl groups is 1. The van der Waals surface area contributed by atoms with E-state index in [1.807, 2.05) is 31.2 Å². The molecule has 0 bridgehead atoms. The number of phenols is 1. The second-order valence-electron chi connectivity index (χ2n) is 4.03. The first kappa shape index (κ1) is 14.8. The standard InChI is InChI=1S/C13H11Br3N2O/c1-7-11(2-3-12(16)18-7)17-6-8-4-9(14)13(19)10(15)5-8/h2-5,17,19H,6H2,1H3. The molecule has 0 aliphatic rings. The zero-order valence-corrected chi connectivity index (χ0v) is 14.8. The molecule has 1 aromatic carbocycles. The highest BCUT2D eigenvalue weighted by atomic mass is 79.9. The van der Waals surface area contributed by atoms with E-state index in [4.69, 9.17) is 0 Å². The number of hydrogen-bond donors (Lipinski definition) is 2. The summed E-state index contributed by atoms with van der Waals surface area (Å²) in [7, 11) is 0. The van der Waals surface area contributed by atoms with Crippen molar-refractivity contribution in [2.45, 2.75) is 13.5 Å². The third kappa shape index (κ3) is 3.70. The molecule has 0 amide bonds. The van der Waals surface area contributed by atoms with E-state index < -0.39 is 0 Å². The molecular weight excluding hydrogens is 440 g/mol. The summed E-state index contributed by atoms with van der Waals surface area (Å²) < 4.78 is 2.17. The number of aromatic nitrogens is 1. The second-order valence-corrected chi connectivity index (χ2v) is 6.55. The Morgan fingerprint density at radius 3 is 2.37 bits per heavy atom. The fourth-order valence-electron chi connectivity index (χ4n) is 1.63. The van der Waals surface area contributed by atoms with Gasteiger partial charge in [0, 0.05) is 6.54 Å². The van der Waals surface area contributed by atoms with Crippen molar-refractivity contribution in [3.05, 3.63) is 49.1 Å². The van der Waals surface area contributed by atoms with Gasteiger partial charge < -0.3 is 10.4 Å². The van der Waals surface area contributed by atoms with Gasteiger partial charge in [-0.2, -0.15) is 0 Å². The first-order valence-electron chi connectivity index (χ1n) is 5.51. The SMILES string of the molecule is Cc1nc(Br)ccc1NCc1cc(Br)c(O)c(Br)c1. The van der Waals surface area contributed by atoms with Crippen molar-refractivity contribution in [3.63, 3.8) is 0 Å². The van der Waals surface area contributed by atoms with Crippen molar-refractivity contribution >= 4 is 53.5 Å². The molecule has 2 aromatic rings. The molecule has 3 nitrogen and oxygen atoms in total. The zero-order chi connectivity index (χ0) is 14.0. The van der Waals surface area contributed by atoms with E-state index in [2.05, 4.69) is 58.1 Å². The number of halogens is 3. The van der Waals surface area contributed by atoms with Crippen molar-refractivity contribution in [2.24, 2.45) is 0 Å². The van der Waals surface area contributed by atoms with Gasteiger partial charge in [0.25, 0.3) is 0 Å². The van der Waals surface area contributed by atoms with Crippen LogP contribution in [0.25, 0.3) is 0 Å². The molecule has 0 radical (unpaired) electrons. The average Bonchev–Trinajstić information content (AvgIpc) is 2.34. The molecule has 1 heterocycles. The van der Waals surface area contributed by atoms with Crippen LogP contribution in [0.2, 0.25) is 0 Å². The topological polar surface area (TPSA) is 45.2 Å². The third-order valence-electron chi connectivity index (χ3n) is 2.61. The normalized spacial score (nSPS) is 10.5. The van der Waals surface area contributed by atoms with Crippen LogP contribution in [-0.4, -0.2) is 10.1 Å². The molecule has 6 heteroatoms. The van der Waals surface area contributed by atoms with Crippen LogP contribution >= 0.6 is 47.8 Å². The number of pyridine rings is 1. The van der Waals surface area contributed by atoms with Crippen LogP contribution in [0.4, 0.5) is 5.69 Å². The number of hydrogen-bond acceptors (Lipinski definition) is 3. The number of nitrogens with zero attached hydrogens (tertiary/aromatic N) is 1. The summed E-state index contributed by atoms with van der Waals surface area (Å²) >= 11 is 9.98. The van der Waals surface area contributed by atoms with E-state index in [-0.39, 0.29) is 5.75 Å². The first-order valence-corrected chi connectivity index (χ1v) is 7.89. The Morgan fingerprint density at radius 2 is 1.79 bits per heavy atom. The Kier molecular flexibility index (Phi) is 4.86. The van der Waals surface area contributed by atoms with Gasteiger partial charge in [0.15, 0.2) is 0 Å². The number of anilines is 1. The Balaban J connectivity index is 2.14. The van der Waals surface area contributed by atoms with Crippen LogP contribution in [0, 0.1) is 6.92 Å². The van der Waals surface area contributed by atoms with Gasteiger partial charge >= 0.3 is 0 Å². The molecule has 0 fully saturated rings. The molecule has 0 aliphatic heterocycles. The highest BCUT2D eigenvalue weighted by Gasteiger charge is 2.06. The maximum absolute atomic E-state index is 9.66. The number of benzene rings is 1. The van der Waals surface area contributed by atoms with Crippen molar-refractivity contribution in [1.29, 1.82) is 0 Å². The first-order chi connectivity index (χ1) is 8.97. The van der Waals surface area contributed by atoms with Gasteiger partial charge in [0.2, 0.25) is 0 Å². The Labute approximate surface area is 136 Å². The molecule has 1 aromatic heterocycles. The zero-order valence-electron chi connectivity index (χ0n) is 10.0. The molecule has 0 spiro atoms. The van der Waals surface area contributed by atoms with E-state index >= 15 is 0 Å². The van der Waals surface area contributed by atoms with Gasteiger partial charge in [-0.1, -0.05) is 0 Å². The van der Waals surface area contributed by atoms with Crippen molar-refractivity contribution in [1.82, 2.24) is 4.98 Å². The molecule has 19 heavy (non-hydrogen) atoms. The highest BCUT2D eigenvalue weighted by molar-refractivity contribution is 9.11. The smallest absolute Gasteiger partial charge is 0.143 e. The number of nitrogens with one attached hydrogen (secondary N) is 1. The van der Waals surface area contributed by atoms with Crippen LogP contribution in [0.3, 0.4) is 0 Å². The monoisotopic (exact) mass is 448 g/mol. The van der Waals surface area contributed by atoms with Crippen molar-refractivity contribution in [3.8, 4) is 5.75 Å². The summed E-state index contributed by atoms with van der Waals surface area (Å²) in [5, 5.41) is 13.0. The van der Waals surface area contributed by atoms with Crippen LogP contribution in [0.15, 0.2) is 37.8 Å². The predicted octanol–water partition coefficient (Wildman–Crippen LogP) is 5.00. The van der Waals surface area contributed by atoms with Crippen LogP contribution < -0.4 is 5.32 Å².